The van der Waals surface area contributed by atoms with Gasteiger partial charge >= 0.3 is 5.69 Å². The molecular formula is C15H14ClFN6O2. The summed E-state index contributed by atoms with van der Waals surface area (Å²) < 4.78 is 16.5. The molecular weight excluding hydrogens is 351 g/mol. The van der Waals surface area contributed by atoms with Crippen LogP contribution >= 0.6 is 11.6 Å². The van der Waals surface area contributed by atoms with Gasteiger partial charge in [-0.1, -0.05) is 17.7 Å². The van der Waals surface area contributed by atoms with E-state index in [4.69, 9.17) is 11.6 Å². The van der Waals surface area contributed by atoms with Crippen LogP contribution in [-0.2, 0) is 13.6 Å². The molecule has 3 rings (SSSR count). The number of nitrogens with zero attached hydrogens (tertiary/aromatic N) is 4. The van der Waals surface area contributed by atoms with Gasteiger partial charge < -0.3 is 4.57 Å². The zero-order valence-electron chi connectivity index (χ0n) is 13.4. The molecule has 10 heteroatoms. The monoisotopic (exact) mass is 364 g/mol. The van der Waals surface area contributed by atoms with Crippen LogP contribution in [0.2, 0.25) is 5.02 Å². The molecule has 2 aromatic heterocycles. The third kappa shape index (κ3) is 2.93. The highest BCUT2D eigenvalue weighted by molar-refractivity contribution is 6.33. The minimum absolute atomic E-state index is 0.126. The number of aromatic amines is 1. The van der Waals surface area contributed by atoms with E-state index in [0.29, 0.717) is 6.54 Å². The maximum Gasteiger partial charge on any atom is 0.329 e. The van der Waals surface area contributed by atoms with Gasteiger partial charge in [-0.05, 0) is 19.1 Å². The van der Waals surface area contributed by atoms with Crippen molar-refractivity contribution in [3.8, 4) is 0 Å². The fourth-order valence-electron chi connectivity index (χ4n) is 2.42. The van der Waals surface area contributed by atoms with Gasteiger partial charge in [-0.15, -0.1) is 0 Å². The second kappa shape index (κ2) is 6.52. The number of halogens is 2. The zero-order valence-corrected chi connectivity index (χ0v) is 14.1. The summed E-state index contributed by atoms with van der Waals surface area (Å²) in [4.78, 5) is 30.2. The number of benzene rings is 1. The number of fused-ring (bicyclic) bond motifs is 1. The second-order valence-electron chi connectivity index (χ2n) is 5.18. The Morgan fingerprint density at radius 3 is 2.88 bits per heavy atom. The van der Waals surface area contributed by atoms with Crippen LogP contribution in [0.4, 0.5) is 10.3 Å². The van der Waals surface area contributed by atoms with E-state index in [9.17, 15) is 14.0 Å². The first-order valence-corrected chi connectivity index (χ1v) is 7.74. The number of nitrogens with one attached hydrogen (secondary N) is 2. The summed E-state index contributed by atoms with van der Waals surface area (Å²) in [5.74, 6) is -0.270. The summed E-state index contributed by atoms with van der Waals surface area (Å²) in [6, 6.07) is 4.30. The Morgan fingerprint density at radius 1 is 1.44 bits per heavy atom. The van der Waals surface area contributed by atoms with Crippen molar-refractivity contribution < 1.29 is 4.39 Å². The average Bonchev–Trinajstić information content (AvgIpc) is 2.94. The van der Waals surface area contributed by atoms with E-state index in [-0.39, 0.29) is 27.7 Å². The van der Waals surface area contributed by atoms with Crippen LogP contribution in [0.1, 0.15) is 12.5 Å². The lowest BCUT2D eigenvalue weighted by molar-refractivity contribution is 0.626. The van der Waals surface area contributed by atoms with Gasteiger partial charge in [-0.2, -0.15) is 10.1 Å². The minimum atomic E-state index is -0.563. The molecule has 0 radical (unpaired) electrons. The number of anilines is 1. The summed E-state index contributed by atoms with van der Waals surface area (Å²) in [6.45, 7) is 2.23. The van der Waals surface area contributed by atoms with Gasteiger partial charge in [-0.3, -0.25) is 14.3 Å². The number of imidazole rings is 1. The first-order chi connectivity index (χ1) is 11.9. The Bertz CT molecular complexity index is 1080. The molecule has 0 fully saturated rings. The largest absolute Gasteiger partial charge is 0.329 e. The molecule has 8 nitrogen and oxygen atoms in total. The predicted octanol–water partition coefficient (Wildman–Crippen LogP) is 1.68. The third-order valence-electron chi connectivity index (χ3n) is 3.68. The van der Waals surface area contributed by atoms with Crippen molar-refractivity contribution in [1.29, 1.82) is 0 Å². The molecule has 0 saturated carbocycles. The molecule has 1 aromatic carbocycles. The summed E-state index contributed by atoms with van der Waals surface area (Å²) in [6.07, 6.45) is 1.22. The van der Waals surface area contributed by atoms with Crippen LogP contribution in [0.15, 0.2) is 32.9 Å². The minimum Gasteiger partial charge on any atom is -0.303 e. The van der Waals surface area contributed by atoms with E-state index >= 15 is 0 Å². The normalized spacial score (nSPS) is 11.5. The third-order valence-corrected chi connectivity index (χ3v) is 4.01. The highest BCUT2D eigenvalue weighted by Gasteiger charge is 2.15. The molecule has 3 aromatic rings. The molecule has 0 bridgehead atoms. The van der Waals surface area contributed by atoms with Crippen molar-refractivity contribution in [3.63, 3.8) is 0 Å². The number of rotatable bonds is 4. The molecule has 0 amide bonds. The van der Waals surface area contributed by atoms with Crippen molar-refractivity contribution in [2.45, 2.75) is 13.5 Å². The van der Waals surface area contributed by atoms with Crippen molar-refractivity contribution in [1.82, 2.24) is 19.1 Å². The zero-order chi connectivity index (χ0) is 18.1. The van der Waals surface area contributed by atoms with Gasteiger partial charge in [0.2, 0.25) is 5.95 Å². The lowest BCUT2D eigenvalue weighted by atomic mass is 10.2. The van der Waals surface area contributed by atoms with Gasteiger partial charge in [0.05, 0.1) is 11.2 Å². The van der Waals surface area contributed by atoms with E-state index in [1.54, 1.807) is 10.6 Å². The number of hydrogen-bond acceptors (Lipinski definition) is 5. The van der Waals surface area contributed by atoms with E-state index in [1.165, 1.54) is 30.0 Å². The lowest BCUT2D eigenvalue weighted by Gasteiger charge is -2.04. The fourth-order valence-corrected chi connectivity index (χ4v) is 2.63. The number of aryl methyl sites for hydroxylation is 2. The Kier molecular flexibility index (Phi) is 4.41. The maximum absolute atomic E-state index is 13.7. The highest BCUT2D eigenvalue weighted by atomic mass is 35.5. The Balaban J connectivity index is 2.04. The van der Waals surface area contributed by atoms with E-state index in [2.05, 4.69) is 20.5 Å². The number of hydrazone groups is 1. The van der Waals surface area contributed by atoms with Crippen LogP contribution in [-0.4, -0.2) is 25.3 Å². The van der Waals surface area contributed by atoms with Crippen molar-refractivity contribution in [2.24, 2.45) is 12.1 Å². The van der Waals surface area contributed by atoms with E-state index in [1.807, 2.05) is 6.92 Å². The van der Waals surface area contributed by atoms with Crippen molar-refractivity contribution >= 4 is 34.9 Å². The van der Waals surface area contributed by atoms with Gasteiger partial charge in [-0.25, -0.2) is 14.6 Å². The molecule has 0 spiro atoms. The van der Waals surface area contributed by atoms with Gasteiger partial charge in [0.1, 0.15) is 5.82 Å². The first-order valence-electron chi connectivity index (χ1n) is 7.36. The molecule has 0 atom stereocenters. The molecule has 0 unspecified atom stereocenters. The van der Waals surface area contributed by atoms with Crippen molar-refractivity contribution in [2.75, 3.05) is 5.43 Å². The quantitative estimate of drug-likeness (QED) is 0.543. The predicted molar refractivity (Wildman–Crippen MR) is 93.9 cm³/mol. The SMILES string of the molecule is CCn1c(N/N=C\c2c(F)cccc2Cl)nc2c1c(=O)[nH]c(=O)n2C. The van der Waals surface area contributed by atoms with E-state index in [0.717, 1.165) is 0 Å². The van der Waals surface area contributed by atoms with Gasteiger partial charge in [0, 0.05) is 19.2 Å². The standard InChI is InChI=1S/C15H14ClFN6O2/c1-3-23-11-12(22(2)15(25)20-13(11)24)19-14(23)21-18-7-8-9(16)5-4-6-10(8)17/h4-7H,3H2,1-2H3,(H,19,21)(H,20,24,25)/b18-7-. The highest BCUT2D eigenvalue weighted by Crippen LogP contribution is 2.18. The van der Waals surface area contributed by atoms with Crippen LogP contribution in [0.3, 0.4) is 0 Å². The molecule has 25 heavy (non-hydrogen) atoms. The van der Waals surface area contributed by atoms with Gasteiger partial charge in [0.25, 0.3) is 5.56 Å². The smallest absolute Gasteiger partial charge is 0.303 e. The molecule has 2 heterocycles. The van der Waals surface area contributed by atoms with E-state index < -0.39 is 17.1 Å². The average molecular weight is 365 g/mol. The summed E-state index contributed by atoms with van der Waals surface area (Å²) in [5, 5.41) is 4.15. The Hall–Kier alpha value is -2.94. The Labute approximate surface area is 145 Å². The Morgan fingerprint density at radius 2 is 2.20 bits per heavy atom. The second-order valence-corrected chi connectivity index (χ2v) is 5.58. The molecule has 130 valence electrons. The molecule has 0 aliphatic carbocycles. The summed E-state index contributed by atoms with van der Waals surface area (Å²) >= 11 is 5.93. The number of aromatic nitrogens is 4. The summed E-state index contributed by atoms with van der Waals surface area (Å²) in [5.41, 5.74) is 2.14. The molecule has 0 saturated heterocycles. The van der Waals surface area contributed by atoms with Gasteiger partial charge in [0.15, 0.2) is 11.2 Å². The summed E-state index contributed by atoms with van der Waals surface area (Å²) in [7, 11) is 1.50. The van der Waals surface area contributed by atoms with Crippen LogP contribution < -0.4 is 16.7 Å². The van der Waals surface area contributed by atoms with Crippen molar-refractivity contribution in [3.05, 3.63) is 55.4 Å². The van der Waals surface area contributed by atoms with Crippen LogP contribution in [0.25, 0.3) is 11.2 Å². The lowest BCUT2D eigenvalue weighted by Crippen LogP contribution is -2.29. The number of H-pyrrole nitrogens is 1. The topological polar surface area (TPSA) is 97.1 Å². The molecule has 0 aliphatic rings. The number of hydrogen-bond donors (Lipinski definition) is 2. The van der Waals surface area contributed by atoms with Crippen LogP contribution in [0, 0.1) is 5.82 Å². The maximum atomic E-state index is 13.7. The fraction of sp³-hybridized carbons (Fsp3) is 0.200. The van der Waals surface area contributed by atoms with Crippen LogP contribution in [0.5, 0.6) is 0 Å². The molecule has 2 N–H and O–H groups in total. The first kappa shape index (κ1) is 16.9. The molecule has 0 aliphatic heterocycles.